The molecule has 0 aromatic rings. The molecular formula is C17H34. The van der Waals surface area contributed by atoms with Gasteiger partial charge in [0.05, 0.1) is 0 Å². The van der Waals surface area contributed by atoms with Gasteiger partial charge in [-0.25, -0.2) is 0 Å². The maximum Gasteiger partial charge on any atom is -0.0235 e. The summed E-state index contributed by atoms with van der Waals surface area (Å²) in [7, 11) is 0. The highest BCUT2D eigenvalue weighted by atomic mass is 14.2. The van der Waals surface area contributed by atoms with E-state index in [1.165, 1.54) is 37.7 Å². The molecule has 0 heteroatoms. The minimum Gasteiger partial charge on any atom is -0.0999 e. The Balaban J connectivity index is 4.08. The lowest BCUT2D eigenvalue weighted by Gasteiger charge is -2.26. The first kappa shape index (κ1) is 16.7. The Kier molecular flexibility index (Phi) is 8.64. The van der Waals surface area contributed by atoms with E-state index < -0.39 is 0 Å². The van der Waals surface area contributed by atoms with Gasteiger partial charge < -0.3 is 0 Å². The Bertz CT molecular complexity index is 204. The molecular weight excluding hydrogens is 204 g/mol. The van der Waals surface area contributed by atoms with Crippen LogP contribution in [0.5, 0.6) is 0 Å². The normalized spacial score (nSPS) is 18.5. The van der Waals surface area contributed by atoms with Gasteiger partial charge in [0.2, 0.25) is 0 Å². The van der Waals surface area contributed by atoms with Crippen LogP contribution in [0, 0.1) is 23.7 Å². The van der Waals surface area contributed by atoms with E-state index in [-0.39, 0.29) is 0 Å². The van der Waals surface area contributed by atoms with E-state index in [9.17, 15) is 0 Å². The van der Waals surface area contributed by atoms with Crippen LogP contribution in [0.3, 0.4) is 0 Å². The van der Waals surface area contributed by atoms with E-state index >= 15 is 0 Å². The smallest absolute Gasteiger partial charge is 0.0235 e. The highest BCUT2D eigenvalue weighted by Gasteiger charge is 2.18. The molecule has 0 amide bonds. The fraction of sp³-hybridized carbons (Fsp3) is 0.882. The molecule has 0 aliphatic rings. The van der Waals surface area contributed by atoms with Crippen LogP contribution in [0.25, 0.3) is 0 Å². The second-order valence-corrected chi connectivity index (χ2v) is 6.26. The van der Waals surface area contributed by atoms with Crippen LogP contribution < -0.4 is 0 Å². The van der Waals surface area contributed by atoms with Crippen LogP contribution >= 0.6 is 0 Å². The minimum absolute atomic E-state index is 0.684. The monoisotopic (exact) mass is 238 g/mol. The predicted molar refractivity (Wildman–Crippen MR) is 80.2 cm³/mol. The van der Waals surface area contributed by atoms with Gasteiger partial charge in [0.1, 0.15) is 0 Å². The second kappa shape index (κ2) is 8.78. The van der Waals surface area contributed by atoms with Crippen LogP contribution in [0.4, 0.5) is 0 Å². The molecule has 0 N–H and O–H groups in total. The maximum atomic E-state index is 4.07. The summed E-state index contributed by atoms with van der Waals surface area (Å²) in [6.45, 7) is 18.1. The van der Waals surface area contributed by atoms with Gasteiger partial charge in [0.15, 0.2) is 0 Å². The van der Waals surface area contributed by atoms with Crippen LogP contribution in [-0.2, 0) is 0 Å². The van der Waals surface area contributed by atoms with E-state index in [2.05, 4.69) is 48.1 Å². The van der Waals surface area contributed by atoms with Crippen molar-refractivity contribution in [2.24, 2.45) is 23.7 Å². The molecule has 0 aliphatic carbocycles. The fourth-order valence-electron chi connectivity index (χ4n) is 2.99. The van der Waals surface area contributed by atoms with Gasteiger partial charge in [-0.05, 0) is 43.4 Å². The maximum absolute atomic E-state index is 4.07. The van der Waals surface area contributed by atoms with Crippen molar-refractivity contribution in [3.05, 3.63) is 12.2 Å². The first-order chi connectivity index (χ1) is 7.92. The third-order valence-electron chi connectivity index (χ3n) is 4.36. The van der Waals surface area contributed by atoms with Crippen molar-refractivity contribution < 1.29 is 0 Å². The Hall–Kier alpha value is -0.260. The zero-order chi connectivity index (χ0) is 13.4. The van der Waals surface area contributed by atoms with Crippen molar-refractivity contribution >= 4 is 0 Å². The zero-order valence-electron chi connectivity index (χ0n) is 13.1. The largest absolute Gasteiger partial charge is 0.0999 e. The molecule has 4 atom stereocenters. The molecule has 0 aliphatic heterocycles. The molecule has 17 heavy (non-hydrogen) atoms. The molecule has 0 spiro atoms. The molecule has 0 bridgehead atoms. The summed E-state index contributed by atoms with van der Waals surface area (Å²) in [5.74, 6) is 3.33. The van der Waals surface area contributed by atoms with Crippen molar-refractivity contribution in [3.63, 3.8) is 0 Å². The summed E-state index contributed by atoms with van der Waals surface area (Å²) in [5.41, 5.74) is 1.34. The van der Waals surface area contributed by atoms with E-state index in [1.54, 1.807) is 0 Å². The third kappa shape index (κ3) is 6.91. The van der Waals surface area contributed by atoms with Crippen molar-refractivity contribution in [2.45, 2.75) is 73.6 Å². The summed E-state index contributed by atoms with van der Waals surface area (Å²) in [6, 6.07) is 0. The molecule has 0 aromatic heterocycles. The highest BCUT2D eigenvalue weighted by Crippen LogP contribution is 2.30. The third-order valence-corrected chi connectivity index (χ3v) is 4.36. The van der Waals surface area contributed by atoms with E-state index in [0.717, 1.165) is 17.8 Å². The number of hydrogen-bond acceptors (Lipinski definition) is 0. The van der Waals surface area contributed by atoms with Gasteiger partial charge >= 0.3 is 0 Å². The van der Waals surface area contributed by atoms with Gasteiger partial charge in [0, 0.05) is 0 Å². The molecule has 0 heterocycles. The molecule has 0 nitrogen and oxygen atoms in total. The molecule has 102 valence electrons. The first-order valence-corrected chi connectivity index (χ1v) is 7.57. The van der Waals surface area contributed by atoms with Gasteiger partial charge in [-0.1, -0.05) is 66.0 Å². The van der Waals surface area contributed by atoms with Gasteiger partial charge in [-0.3, -0.25) is 0 Å². The molecule has 0 saturated carbocycles. The number of rotatable bonds is 9. The molecule has 0 aromatic carbocycles. The molecule has 0 fully saturated rings. The van der Waals surface area contributed by atoms with Crippen molar-refractivity contribution in [3.8, 4) is 0 Å². The first-order valence-electron chi connectivity index (χ1n) is 7.57. The molecule has 4 unspecified atom stereocenters. The summed E-state index contributed by atoms with van der Waals surface area (Å²) >= 11 is 0. The topological polar surface area (TPSA) is 0 Å². The second-order valence-electron chi connectivity index (χ2n) is 6.26. The highest BCUT2D eigenvalue weighted by molar-refractivity contribution is 4.94. The summed E-state index contributed by atoms with van der Waals surface area (Å²) in [5, 5.41) is 0. The standard InChI is InChI=1S/C17H34/c1-8-10-17(9-2)16(7)12-14(5)11-15(6)13(3)4/h14-17H,3,8-12H2,1-2,4-7H3. The van der Waals surface area contributed by atoms with Crippen LogP contribution in [-0.4, -0.2) is 0 Å². The van der Waals surface area contributed by atoms with Gasteiger partial charge in [-0.2, -0.15) is 0 Å². The Morgan fingerprint density at radius 3 is 2.06 bits per heavy atom. The lowest BCUT2D eigenvalue weighted by atomic mass is 9.79. The summed E-state index contributed by atoms with van der Waals surface area (Å²) < 4.78 is 0. The Morgan fingerprint density at radius 2 is 1.65 bits per heavy atom. The Morgan fingerprint density at radius 1 is 1.06 bits per heavy atom. The average molecular weight is 238 g/mol. The van der Waals surface area contributed by atoms with E-state index in [4.69, 9.17) is 0 Å². The van der Waals surface area contributed by atoms with E-state index in [0.29, 0.717) is 5.92 Å². The zero-order valence-corrected chi connectivity index (χ0v) is 13.1. The number of allylic oxidation sites excluding steroid dienone is 1. The van der Waals surface area contributed by atoms with Crippen molar-refractivity contribution in [2.75, 3.05) is 0 Å². The molecule has 0 saturated heterocycles. The summed E-state index contributed by atoms with van der Waals surface area (Å²) in [4.78, 5) is 0. The van der Waals surface area contributed by atoms with Crippen LogP contribution in [0.2, 0.25) is 0 Å². The Labute approximate surface area is 110 Å². The average Bonchev–Trinajstić information content (AvgIpc) is 2.24. The van der Waals surface area contributed by atoms with Crippen LogP contribution in [0.1, 0.15) is 73.6 Å². The van der Waals surface area contributed by atoms with Gasteiger partial charge in [-0.15, -0.1) is 0 Å². The number of hydrogen-bond donors (Lipinski definition) is 0. The minimum atomic E-state index is 0.684. The molecule has 0 rings (SSSR count). The lowest BCUT2D eigenvalue weighted by Crippen LogP contribution is -2.15. The quantitative estimate of drug-likeness (QED) is 0.427. The van der Waals surface area contributed by atoms with Crippen molar-refractivity contribution in [1.29, 1.82) is 0 Å². The fourth-order valence-corrected chi connectivity index (χ4v) is 2.99. The van der Waals surface area contributed by atoms with Crippen molar-refractivity contribution in [1.82, 2.24) is 0 Å². The summed E-state index contributed by atoms with van der Waals surface area (Å²) in [6.07, 6.45) is 6.77. The SMILES string of the molecule is C=C(C)C(C)CC(C)CC(C)C(CC)CCC. The molecule has 0 radical (unpaired) electrons. The lowest BCUT2D eigenvalue weighted by molar-refractivity contribution is 0.257. The van der Waals surface area contributed by atoms with E-state index in [1.807, 2.05) is 0 Å². The van der Waals surface area contributed by atoms with Gasteiger partial charge in [0.25, 0.3) is 0 Å². The van der Waals surface area contributed by atoms with Crippen LogP contribution in [0.15, 0.2) is 12.2 Å². The predicted octanol–water partition coefficient (Wildman–Crippen LogP) is 6.08.